The number of carbonyl (C=O) groups is 1. The molecule has 0 amide bonds. The van der Waals surface area contributed by atoms with Crippen LogP contribution in [0.2, 0.25) is 0 Å². The van der Waals surface area contributed by atoms with E-state index in [0.717, 1.165) is 48.2 Å². The fourth-order valence-corrected chi connectivity index (χ4v) is 5.92. The number of hydrogen-bond donors (Lipinski definition) is 1. The Labute approximate surface area is 214 Å². The quantitative estimate of drug-likeness (QED) is 0.334. The largest absolute Gasteiger partial charge is 0.478 e. The molecule has 3 aromatic carbocycles. The van der Waals surface area contributed by atoms with E-state index in [2.05, 4.69) is 26.9 Å². The number of piperazine rings is 1. The van der Waals surface area contributed by atoms with Crippen molar-refractivity contribution in [2.45, 2.75) is 31.6 Å². The van der Waals surface area contributed by atoms with Crippen LogP contribution in [-0.4, -0.2) is 51.0 Å². The molecule has 182 valence electrons. The number of fused-ring (bicyclic) bond motifs is 2. The van der Waals surface area contributed by atoms with E-state index in [0.29, 0.717) is 17.6 Å². The molecule has 2 aliphatic rings. The number of ether oxygens (including phenoxy) is 1. The zero-order valence-electron chi connectivity index (χ0n) is 19.8. The lowest BCUT2D eigenvalue weighted by Crippen LogP contribution is -2.45. The standard InChI is InChI=1S/C29H27N3O3S/c33-29(34)23-5-1-20(2-6-23)16-31-18-25-15-24(31)19-32(25)17-21-3-9-26(10-4-21)35-27-11-7-22(8-12-27)28-30-13-14-36-28/h1-14,24-25H,15-19H2,(H,33,34)/t24-,25-/m0/s1. The predicted molar refractivity (Wildman–Crippen MR) is 140 cm³/mol. The van der Waals surface area contributed by atoms with Crippen molar-refractivity contribution in [1.29, 1.82) is 0 Å². The molecule has 6 nitrogen and oxygen atoms in total. The SMILES string of the molecule is O=C(O)c1ccc(CN2C[C@@H]3C[C@H]2CN3Cc2ccc(Oc3ccc(-c4nccs4)cc3)cc2)cc1. The number of benzene rings is 3. The Balaban J connectivity index is 1.01. The zero-order chi connectivity index (χ0) is 24.5. The zero-order valence-corrected chi connectivity index (χ0v) is 20.6. The van der Waals surface area contributed by atoms with E-state index in [1.165, 1.54) is 17.5 Å². The number of carboxylic acid groups (broad SMARTS) is 1. The summed E-state index contributed by atoms with van der Waals surface area (Å²) in [4.78, 5) is 20.5. The molecular weight excluding hydrogens is 470 g/mol. The fourth-order valence-electron chi connectivity index (χ4n) is 5.27. The first-order valence-electron chi connectivity index (χ1n) is 12.2. The summed E-state index contributed by atoms with van der Waals surface area (Å²) in [6.45, 7) is 3.96. The maximum atomic E-state index is 11.1. The van der Waals surface area contributed by atoms with Gasteiger partial charge in [0, 0.05) is 55.4 Å². The summed E-state index contributed by atoms with van der Waals surface area (Å²) in [6.07, 6.45) is 3.02. The van der Waals surface area contributed by atoms with Crippen LogP contribution in [0.15, 0.2) is 84.4 Å². The molecule has 0 saturated carbocycles. The third-order valence-electron chi connectivity index (χ3n) is 7.13. The summed E-state index contributed by atoms with van der Waals surface area (Å²) in [6, 6.07) is 24.9. The Morgan fingerprint density at radius 2 is 1.42 bits per heavy atom. The summed E-state index contributed by atoms with van der Waals surface area (Å²) in [5, 5.41) is 12.1. The van der Waals surface area contributed by atoms with E-state index in [4.69, 9.17) is 9.84 Å². The van der Waals surface area contributed by atoms with Crippen LogP contribution in [0.1, 0.15) is 27.9 Å². The van der Waals surface area contributed by atoms with Crippen LogP contribution in [0.3, 0.4) is 0 Å². The van der Waals surface area contributed by atoms with Crippen LogP contribution in [0.25, 0.3) is 10.6 Å². The third kappa shape index (κ3) is 4.91. The first-order chi connectivity index (χ1) is 17.6. The molecule has 2 fully saturated rings. The average Bonchev–Trinajstić information content (AvgIpc) is 3.65. The molecule has 0 aliphatic carbocycles. The second kappa shape index (κ2) is 9.85. The van der Waals surface area contributed by atoms with E-state index in [9.17, 15) is 4.79 Å². The Morgan fingerprint density at radius 1 is 0.861 bits per heavy atom. The van der Waals surface area contributed by atoms with Gasteiger partial charge in [0.25, 0.3) is 0 Å². The first kappa shape index (κ1) is 22.9. The first-order valence-corrected chi connectivity index (χ1v) is 13.1. The second-order valence-electron chi connectivity index (χ2n) is 9.51. The lowest BCUT2D eigenvalue weighted by molar-refractivity contribution is 0.0697. The highest BCUT2D eigenvalue weighted by Gasteiger charge is 2.42. The van der Waals surface area contributed by atoms with Crippen LogP contribution < -0.4 is 4.74 Å². The maximum absolute atomic E-state index is 11.1. The number of aromatic nitrogens is 1. The van der Waals surface area contributed by atoms with Gasteiger partial charge in [0.05, 0.1) is 5.56 Å². The number of rotatable bonds is 8. The molecule has 36 heavy (non-hydrogen) atoms. The molecule has 2 aliphatic heterocycles. The number of thiazole rings is 1. The minimum atomic E-state index is -0.877. The summed E-state index contributed by atoms with van der Waals surface area (Å²) >= 11 is 1.63. The number of aromatic carboxylic acids is 1. The molecule has 1 aromatic heterocycles. The van der Waals surface area contributed by atoms with E-state index in [1.54, 1.807) is 23.5 Å². The van der Waals surface area contributed by atoms with E-state index < -0.39 is 5.97 Å². The van der Waals surface area contributed by atoms with Crippen molar-refractivity contribution in [1.82, 2.24) is 14.8 Å². The van der Waals surface area contributed by atoms with E-state index in [1.807, 2.05) is 60.1 Å². The monoisotopic (exact) mass is 497 g/mol. The topological polar surface area (TPSA) is 65.9 Å². The van der Waals surface area contributed by atoms with Gasteiger partial charge in [-0.15, -0.1) is 11.3 Å². The minimum Gasteiger partial charge on any atom is -0.478 e. The van der Waals surface area contributed by atoms with Gasteiger partial charge in [0.1, 0.15) is 16.5 Å². The Hall–Kier alpha value is -3.52. The lowest BCUT2D eigenvalue weighted by Gasteiger charge is -2.34. The molecule has 0 unspecified atom stereocenters. The smallest absolute Gasteiger partial charge is 0.335 e. The molecule has 0 spiro atoms. The van der Waals surface area contributed by atoms with Gasteiger partial charge in [0.15, 0.2) is 0 Å². The molecule has 2 saturated heterocycles. The van der Waals surface area contributed by atoms with Crippen molar-refractivity contribution in [3.63, 3.8) is 0 Å². The fraction of sp³-hybridized carbons (Fsp3) is 0.241. The van der Waals surface area contributed by atoms with Crippen molar-refractivity contribution in [3.8, 4) is 22.1 Å². The van der Waals surface area contributed by atoms with Crippen molar-refractivity contribution >= 4 is 17.3 Å². The second-order valence-corrected chi connectivity index (χ2v) is 10.4. The minimum absolute atomic E-state index is 0.342. The summed E-state index contributed by atoms with van der Waals surface area (Å²) in [7, 11) is 0. The van der Waals surface area contributed by atoms with Gasteiger partial charge in [0.2, 0.25) is 0 Å². The summed E-state index contributed by atoms with van der Waals surface area (Å²) in [5.41, 5.74) is 3.91. The normalized spacial score (nSPS) is 19.6. The average molecular weight is 498 g/mol. The van der Waals surface area contributed by atoms with Crippen molar-refractivity contribution in [3.05, 3.63) is 101 Å². The van der Waals surface area contributed by atoms with Crippen LogP contribution in [-0.2, 0) is 13.1 Å². The Morgan fingerprint density at radius 3 is 1.92 bits per heavy atom. The van der Waals surface area contributed by atoms with Gasteiger partial charge in [-0.3, -0.25) is 9.80 Å². The van der Waals surface area contributed by atoms with Crippen molar-refractivity contribution < 1.29 is 14.6 Å². The van der Waals surface area contributed by atoms with Gasteiger partial charge >= 0.3 is 5.97 Å². The Bertz CT molecular complexity index is 1320. The molecule has 3 heterocycles. The molecule has 0 radical (unpaired) electrons. The van der Waals surface area contributed by atoms with Crippen molar-refractivity contribution in [2.24, 2.45) is 0 Å². The van der Waals surface area contributed by atoms with E-state index >= 15 is 0 Å². The van der Waals surface area contributed by atoms with Gasteiger partial charge in [-0.05, 0) is 66.1 Å². The Kier molecular flexibility index (Phi) is 6.27. The third-order valence-corrected chi connectivity index (χ3v) is 7.95. The highest BCUT2D eigenvalue weighted by Crippen LogP contribution is 2.33. The molecular formula is C29H27N3O3S. The molecule has 1 N–H and O–H groups in total. The maximum Gasteiger partial charge on any atom is 0.335 e. The number of likely N-dealkylation sites (tertiary alicyclic amines) is 2. The predicted octanol–water partition coefficient (Wildman–Crippen LogP) is 5.76. The van der Waals surface area contributed by atoms with Crippen LogP contribution in [0, 0.1) is 0 Å². The van der Waals surface area contributed by atoms with Gasteiger partial charge in [-0.2, -0.15) is 0 Å². The number of hydrogen-bond acceptors (Lipinski definition) is 6. The molecule has 6 rings (SSSR count). The summed E-state index contributed by atoms with van der Waals surface area (Å²) in [5.74, 6) is 0.777. The number of nitrogens with zero attached hydrogens (tertiary/aromatic N) is 3. The highest BCUT2D eigenvalue weighted by atomic mass is 32.1. The number of carboxylic acids is 1. The molecule has 7 heteroatoms. The van der Waals surface area contributed by atoms with Crippen LogP contribution in [0.4, 0.5) is 0 Å². The highest BCUT2D eigenvalue weighted by molar-refractivity contribution is 7.13. The molecule has 2 atom stereocenters. The molecule has 2 bridgehead atoms. The van der Waals surface area contributed by atoms with Gasteiger partial charge in [-0.1, -0.05) is 24.3 Å². The molecule has 4 aromatic rings. The summed E-state index contributed by atoms with van der Waals surface area (Å²) < 4.78 is 6.05. The lowest BCUT2D eigenvalue weighted by atomic mass is 10.1. The van der Waals surface area contributed by atoms with E-state index in [-0.39, 0.29) is 0 Å². The van der Waals surface area contributed by atoms with Crippen LogP contribution >= 0.6 is 11.3 Å². The van der Waals surface area contributed by atoms with Gasteiger partial charge < -0.3 is 9.84 Å². The van der Waals surface area contributed by atoms with Crippen molar-refractivity contribution in [2.75, 3.05) is 13.1 Å². The van der Waals surface area contributed by atoms with Gasteiger partial charge in [-0.25, -0.2) is 9.78 Å². The van der Waals surface area contributed by atoms with Crippen LogP contribution in [0.5, 0.6) is 11.5 Å².